The molecule has 0 spiro atoms. The number of carbonyl (C=O) groups is 1. The fraction of sp³-hybridized carbons (Fsp3) is 0.462. The van der Waals surface area contributed by atoms with Crippen molar-refractivity contribution in [2.45, 2.75) is 12.5 Å². The molecule has 2 rings (SSSR count). The zero-order chi connectivity index (χ0) is 12.3. The average molecular weight is 233 g/mol. The lowest BCUT2D eigenvalue weighted by Gasteiger charge is -2.38. The molecule has 1 aliphatic heterocycles. The molecular formula is C13H19N3O. The zero-order valence-corrected chi connectivity index (χ0v) is 10.2. The van der Waals surface area contributed by atoms with Crippen LogP contribution in [0, 0.1) is 0 Å². The van der Waals surface area contributed by atoms with E-state index in [9.17, 15) is 4.79 Å². The number of amides is 1. The second-order valence-corrected chi connectivity index (χ2v) is 4.40. The van der Waals surface area contributed by atoms with Crippen molar-refractivity contribution in [2.24, 2.45) is 5.73 Å². The molecule has 0 bridgehead atoms. The normalized spacial score (nSPS) is 21.9. The number of nitrogens with two attached hydrogens (primary N) is 1. The maximum absolute atomic E-state index is 12.4. The van der Waals surface area contributed by atoms with Gasteiger partial charge in [-0.15, -0.1) is 0 Å². The minimum Gasteiger partial charge on any atom is -0.330 e. The number of carbonyl (C=O) groups excluding carboxylic acids is 1. The lowest BCUT2D eigenvalue weighted by atomic mass is 10.1. The van der Waals surface area contributed by atoms with Gasteiger partial charge in [0.25, 0.3) is 0 Å². The van der Waals surface area contributed by atoms with Gasteiger partial charge in [0.1, 0.15) is 0 Å². The van der Waals surface area contributed by atoms with Gasteiger partial charge in [0.15, 0.2) is 0 Å². The molecule has 17 heavy (non-hydrogen) atoms. The van der Waals surface area contributed by atoms with Gasteiger partial charge in [0, 0.05) is 18.8 Å². The van der Waals surface area contributed by atoms with Crippen LogP contribution in [0.2, 0.25) is 0 Å². The molecule has 2 N–H and O–H groups in total. The van der Waals surface area contributed by atoms with Gasteiger partial charge in [0.2, 0.25) is 5.91 Å². The SMILES string of the molecule is CN1CCN(c2ccccc2)C(=O)C1CCN. The maximum atomic E-state index is 12.4. The van der Waals surface area contributed by atoms with Gasteiger partial charge >= 0.3 is 0 Å². The fourth-order valence-electron chi connectivity index (χ4n) is 2.26. The highest BCUT2D eigenvalue weighted by atomic mass is 16.2. The van der Waals surface area contributed by atoms with E-state index < -0.39 is 0 Å². The van der Waals surface area contributed by atoms with Crippen LogP contribution in [-0.4, -0.2) is 43.5 Å². The highest BCUT2D eigenvalue weighted by molar-refractivity contribution is 5.97. The third kappa shape index (κ3) is 2.48. The van der Waals surface area contributed by atoms with Gasteiger partial charge in [0.05, 0.1) is 6.04 Å². The van der Waals surface area contributed by atoms with E-state index in [1.165, 1.54) is 0 Å². The smallest absolute Gasteiger partial charge is 0.244 e. The van der Waals surface area contributed by atoms with Gasteiger partial charge in [-0.2, -0.15) is 0 Å². The van der Waals surface area contributed by atoms with Crippen molar-refractivity contribution in [3.05, 3.63) is 30.3 Å². The summed E-state index contributed by atoms with van der Waals surface area (Å²) in [4.78, 5) is 16.3. The summed E-state index contributed by atoms with van der Waals surface area (Å²) >= 11 is 0. The van der Waals surface area contributed by atoms with Gasteiger partial charge < -0.3 is 10.6 Å². The summed E-state index contributed by atoms with van der Waals surface area (Å²) < 4.78 is 0. The number of nitrogens with zero attached hydrogens (tertiary/aromatic N) is 2. The lowest BCUT2D eigenvalue weighted by molar-refractivity contribution is -0.125. The second-order valence-electron chi connectivity index (χ2n) is 4.40. The van der Waals surface area contributed by atoms with Crippen LogP contribution in [0.25, 0.3) is 0 Å². The predicted octanol–water partition coefficient (Wildman–Crippen LogP) is 0.682. The van der Waals surface area contributed by atoms with Crippen molar-refractivity contribution in [2.75, 3.05) is 31.6 Å². The molecule has 1 aromatic carbocycles. The number of benzene rings is 1. The Morgan fingerprint density at radius 3 is 2.65 bits per heavy atom. The highest BCUT2D eigenvalue weighted by Crippen LogP contribution is 2.20. The number of piperazine rings is 1. The van der Waals surface area contributed by atoms with E-state index in [4.69, 9.17) is 5.73 Å². The first-order chi connectivity index (χ1) is 8.24. The predicted molar refractivity (Wildman–Crippen MR) is 68.9 cm³/mol. The number of para-hydroxylation sites is 1. The zero-order valence-electron chi connectivity index (χ0n) is 10.2. The number of hydrogen-bond donors (Lipinski definition) is 1. The van der Waals surface area contributed by atoms with Crippen LogP contribution >= 0.6 is 0 Å². The number of anilines is 1. The van der Waals surface area contributed by atoms with Gasteiger partial charge in [-0.05, 0) is 32.1 Å². The van der Waals surface area contributed by atoms with Crippen LogP contribution in [0.15, 0.2) is 30.3 Å². The van der Waals surface area contributed by atoms with Crippen molar-refractivity contribution in [1.29, 1.82) is 0 Å². The fourth-order valence-corrected chi connectivity index (χ4v) is 2.26. The minimum absolute atomic E-state index is 0.0750. The van der Waals surface area contributed by atoms with Crippen LogP contribution in [0.3, 0.4) is 0 Å². The Morgan fingerprint density at radius 2 is 2.00 bits per heavy atom. The van der Waals surface area contributed by atoms with Gasteiger partial charge in [-0.25, -0.2) is 0 Å². The van der Waals surface area contributed by atoms with Crippen molar-refractivity contribution in [3.63, 3.8) is 0 Å². The standard InChI is InChI=1S/C13H19N3O/c1-15-9-10-16(11-5-3-2-4-6-11)13(17)12(15)7-8-14/h2-6,12H,7-10,14H2,1H3. The Kier molecular flexibility index (Phi) is 3.76. The first-order valence-corrected chi connectivity index (χ1v) is 6.01. The van der Waals surface area contributed by atoms with Crippen LogP contribution in [0.4, 0.5) is 5.69 Å². The monoisotopic (exact) mass is 233 g/mol. The maximum Gasteiger partial charge on any atom is 0.244 e. The summed E-state index contributed by atoms with van der Waals surface area (Å²) in [5.74, 6) is 0.162. The van der Waals surface area contributed by atoms with E-state index in [-0.39, 0.29) is 11.9 Å². The summed E-state index contributed by atoms with van der Waals surface area (Å²) in [7, 11) is 1.99. The summed E-state index contributed by atoms with van der Waals surface area (Å²) in [5, 5.41) is 0. The molecule has 1 aromatic rings. The van der Waals surface area contributed by atoms with Crippen molar-refractivity contribution < 1.29 is 4.79 Å². The molecule has 0 aliphatic carbocycles. The third-order valence-electron chi connectivity index (χ3n) is 3.27. The van der Waals surface area contributed by atoms with E-state index in [0.29, 0.717) is 6.54 Å². The molecule has 1 saturated heterocycles. The summed E-state index contributed by atoms with van der Waals surface area (Å²) in [6, 6.07) is 9.75. The van der Waals surface area contributed by atoms with E-state index in [1.54, 1.807) is 0 Å². The Morgan fingerprint density at radius 1 is 1.29 bits per heavy atom. The molecule has 1 fully saturated rings. The first kappa shape index (κ1) is 12.1. The Balaban J connectivity index is 2.18. The average Bonchev–Trinajstić information content (AvgIpc) is 2.36. The molecule has 0 saturated carbocycles. The number of rotatable bonds is 3. The molecule has 4 heteroatoms. The molecule has 1 aliphatic rings. The number of likely N-dealkylation sites (N-methyl/N-ethyl adjacent to an activating group) is 1. The van der Waals surface area contributed by atoms with Crippen LogP contribution in [-0.2, 0) is 4.79 Å². The third-order valence-corrected chi connectivity index (χ3v) is 3.27. The van der Waals surface area contributed by atoms with Crippen LogP contribution in [0.1, 0.15) is 6.42 Å². The quantitative estimate of drug-likeness (QED) is 0.835. The molecule has 0 aromatic heterocycles. The topological polar surface area (TPSA) is 49.6 Å². The number of hydrogen-bond acceptors (Lipinski definition) is 3. The molecular weight excluding hydrogens is 214 g/mol. The molecule has 1 unspecified atom stereocenters. The van der Waals surface area contributed by atoms with Crippen LogP contribution in [0.5, 0.6) is 0 Å². The van der Waals surface area contributed by atoms with E-state index in [2.05, 4.69) is 4.90 Å². The van der Waals surface area contributed by atoms with Crippen LogP contribution < -0.4 is 10.6 Å². The van der Waals surface area contributed by atoms with E-state index in [1.807, 2.05) is 42.3 Å². The van der Waals surface area contributed by atoms with E-state index >= 15 is 0 Å². The molecule has 92 valence electrons. The molecule has 0 radical (unpaired) electrons. The molecule has 4 nitrogen and oxygen atoms in total. The van der Waals surface area contributed by atoms with Crippen molar-refractivity contribution >= 4 is 11.6 Å². The Hall–Kier alpha value is -1.39. The van der Waals surface area contributed by atoms with Gasteiger partial charge in [-0.3, -0.25) is 9.69 Å². The highest BCUT2D eigenvalue weighted by Gasteiger charge is 2.32. The van der Waals surface area contributed by atoms with Gasteiger partial charge in [-0.1, -0.05) is 18.2 Å². The summed E-state index contributed by atoms with van der Waals surface area (Å²) in [6.07, 6.45) is 0.721. The minimum atomic E-state index is -0.0750. The Labute approximate surface area is 102 Å². The molecule has 1 atom stereocenters. The second kappa shape index (κ2) is 5.29. The van der Waals surface area contributed by atoms with Crippen molar-refractivity contribution in [3.8, 4) is 0 Å². The van der Waals surface area contributed by atoms with E-state index in [0.717, 1.165) is 25.2 Å². The lowest BCUT2D eigenvalue weighted by Crippen LogP contribution is -2.56. The first-order valence-electron chi connectivity index (χ1n) is 6.01. The van der Waals surface area contributed by atoms with Crippen molar-refractivity contribution in [1.82, 2.24) is 4.90 Å². The molecule has 1 amide bonds. The molecule has 1 heterocycles. The largest absolute Gasteiger partial charge is 0.330 e. The summed E-state index contributed by atoms with van der Waals surface area (Å²) in [6.45, 7) is 2.19. The Bertz CT molecular complexity index is 380. The summed E-state index contributed by atoms with van der Waals surface area (Å²) in [5.41, 5.74) is 6.55.